The lowest BCUT2D eigenvalue weighted by atomic mass is 10.2. The second kappa shape index (κ2) is 9.19. The summed E-state index contributed by atoms with van der Waals surface area (Å²) in [5.74, 6) is 0.782. The summed E-state index contributed by atoms with van der Waals surface area (Å²) in [4.78, 5) is 16.2. The van der Waals surface area contributed by atoms with Crippen LogP contribution in [-0.4, -0.2) is 27.3 Å². The van der Waals surface area contributed by atoms with E-state index in [0.717, 1.165) is 24.2 Å². The predicted octanol–water partition coefficient (Wildman–Crippen LogP) is 4.42. The lowest BCUT2D eigenvalue weighted by Crippen LogP contribution is -2.14. The largest absolute Gasteiger partial charge is 0.494 e. The summed E-state index contributed by atoms with van der Waals surface area (Å²) < 4.78 is 7.29. The van der Waals surface area contributed by atoms with Crippen LogP contribution in [0.15, 0.2) is 55.1 Å². The van der Waals surface area contributed by atoms with Crippen LogP contribution in [0.5, 0.6) is 5.75 Å². The molecule has 1 heterocycles. The van der Waals surface area contributed by atoms with Gasteiger partial charge in [-0.2, -0.15) is 5.10 Å². The third kappa shape index (κ3) is 5.56. The SMILES string of the molecule is Cc1cccc(OCCCCC(=O)Nc2cc(Cl)ccc2-n2cncn2)c1. The molecule has 0 fully saturated rings. The number of amides is 1. The molecule has 140 valence electrons. The fourth-order valence-corrected chi connectivity index (χ4v) is 2.81. The molecule has 0 spiro atoms. The van der Waals surface area contributed by atoms with Gasteiger partial charge in [-0.3, -0.25) is 4.79 Å². The molecule has 0 aliphatic rings. The Morgan fingerprint density at radius 2 is 2.11 bits per heavy atom. The molecule has 0 radical (unpaired) electrons. The van der Waals surface area contributed by atoms with E-state index in [1.165, 1.54) is 6.33 Å². The van der Waals surface area contributed by atoms with Gasteiger partial charge in [0.15, 0.2) is 0 Å². The quantitative estimate of drug-likeness (QED) is 0.584. The Balaban J connectivity index is 1.48. The van der Waals surface area contributed by atoms with Crippen molar-refractivity contribution in [3.05, 3.63) is 65.7 Å². The number of rotatable bonds is 8. The molecule has 0 saturated carbocycles. The van der Waals surface area contributed by atoms with Crippen LogP contribution >= 0.6 is 11.6 Å². The monoisotopic (exact) mass is 384 g/mol. The molecular formula is C20H21ClN4O2. The first kappa shape index (κ1) is 18.9. The molecule has 0 bridgehead atoms. The Hall–Kier alpha value is -2.86. The number of aryl methyl sites for hydroxylation is 1. The highest BCUT2D eigenvalue weighted by Crippen LogP contribution is 2.24. The highest BCUT2D eigenvalue weighted by Gasteiger charge is 2.10. The van der Waals surface area contributed by atoms with Crippen LogP contribution in [0.25, 0.3) is 5.69 Å². The zero-order valence-electron chi connectivity index (χ0n) is 15.1. The number of anilines is 1. The van der Waals surface area contributed by atoms with Crippen molar-refractivity contribution in [2.24, 2.45) is 0 Å². The van der Waals surface area contributed by atoms with Crippen molar-refractivity contribution in [3.63, 3.8) is 0 Å². The van der Waals surface area contributed by atoms with Crippen molar-refractivity contribution in [2.75, 3.05) is 11.9 Å². The molecule has 6 nitrogen and oxygen atoms in total. The van der Waals surface area contributed by atoms with E-state index in [2.05, 4.69) is 15.4 Å². The van der Waals surface area contributed by atoms with Gasteiger partial charge < -0.3 is 10.1 Å². The van der Waals surface area contributed by atoms with E-state index in [1.54, 1.807) is 29.2 Å². The smallest absolute Gasteiger partial charge is 0.224 e. The summed E-state index contributed by atoms with van der Waals surface area (Å²) in [5.41, 5.74) is 2.48. The molecular weight excluding hydrogens is 364 g/mol. The Bertz CT molecular complexity index is 897. The van der Waals surface area contributed by atoms with Crippen LogP contribution in [-0.2, 0) is 4.79 Å². The molecule has 27 heavy (non-hydrogen) atoms. The number of nitrogens with one attached hydrogen (secondary N) is 1. The third-order valence-corrected chi connectivity index (χ3v) is 4.19. The van der Waals surface area contributed by atoms with Gasteiger partial charge in [-0.1, -0.05) is 23.7 Å². The van der Waals surface area contributed by atoms with Crippen LogP contribution in [0.4, 0.5) is 5.69 Å². The van der Waals surface area contributed by atoms with Gasteiger partial charge in [0.2, 0.25) is 5.91 Å². The number of halogens is 1. The Morgan fingerprint density at radius 3 is 2.89 bits per heavy atom. The fourth-order valence-electron chi connectivity index (χ4n) is 2.64. The zero-order chi connectivity index (χ0) is 19.1. The van der Waals surface area contributed by atoms with Gasteiger partial charge >= 0.3 is 0 Å². The van der Waals surface area contributed by atoms with Crippen molar-refractivity contribution in [2.45, 2.75) is 26.2 Å². The number of aromatic nitrogens is 3. The van der Waals surface area contributed by atoms with Gasteiger partial charge in [-0.05, 0) is 55.7 Å². The van der Waals surface area contributed by atoms with Crippen molar-refractivity contribution in [1.29, 1.82) is 0 Å². The molecule has 3 aromatic rings. The second-order valence-electron chi connectivity index (χ2n) is 6.17. The van der Waals surface area contributed by atoms with Gasteiger partial charge in [0.1, 0.15) is 18.4 Å². The number of carbonyl (C=O) groups is 1. The number of unbranched alkanes of at least 4 members (excludes halogenated alkanes) is 1. The molecule has 0 saturated heterocycles. The number of ether oxygens (including phenoxy) is 1. The Morgan fingerprint density at radius 1 is 1.22 bits per heavy atom. The number of carbonyl (C=O) groups excluding carboxylic acids is 1. The summed E-state index contributed by atoms with van der Waals surface area (Å²) in [6.07, 6.45) is 4.94. The minimum Gasteiger partial charge on any atom is -0.494 e. The highest BCUT2D eigenvalue weighted by atomic mass is 35.5. The van der Waals surface area contributed by atoms with Crippen molar-refractivity contribution < 1.29 is 9.53 Å². The molecule has 1 amide bonds. The minimum absolute atomic E-state index is 0.0748. The molecule has 0 aliphatic heterocycles. The standard InChI is InChI=1S/C20H21ClN4O2/c1-15-5-4-6-17(11-15)27-10-3-2-7-20(26)24-18-12-16(21)8-9-19(18)25-14-22-13-23-25/h4-6,8-9,11-14H,2-3,7,10H2,1H3,(H,24,26). The topological polar surface area (TPSA) is 69.0 Å². The van der Waals surface area contributed by atoms with Crippen LogP contribution in [0.3, 0.4) is 0 Å². The second-order valence-corrected chi connectivity index (χ2v) is 6.61. The first-order valence-corrected chi connectivity index (χ1v) is 9.13. The lowest BCUT2D eigenvalue weighted by Gasteiger charge is -2.11. The molecule has 7 heteroatoms. The molecule has 0 aliphatic carbocycles. The highest BCUT2D eigenvalue weighted by molar-refractivity contribution is 6.31. The van der Waals surface area contributed by atoms with E-state index in [4.69, 9.17) is 16.3 Å². The van der Waals surface area contributed by atoms with Crippen molar-refractivity contribution >= 4 is 23.2 Å². The average molecular weight is 385 g/mol. The number of hydrogen-bond donors (Lipinski definition) is 1. The van der Waals surface area contributed by atoms with E-state index in [1.807, 2.05) is 31.2 Å². The van der Waals surface area contributed by atoms with Crippen molar-refractivity contribution in [3.8, 4) is 11.4 Å². The summed E-state index contributed by atoms with van der Waals surface area (Å²) in [5, 5.41) is 7.55. The maximum atomic E-state index is 12.3. The number of benzene rings is 2. The fraction of sp³-hybridized carbons (Fsp3) is 0.250. The van der Waals surface area contributed by atoms with Crippen LogP contribution < -0.4 is 10.1 Å². The Kier molecular flexibility index (Phi) is 6.44. The van der Waals surface area contributed by atoms with E-state index in [-0.39, 0.29) is 5.91 Å². The molecule has 0 unspecified atom stereocenters. The summed E-state index contributed by atoms with van der Waals surface area (Å²) in [6, 6.07) is 13.2. The van der Waals surface area contributed by atoms with Crippen molar-refractivity contribution in [1.82, 2.24) is 14.8 Å². The molecule has 3 rings (SSSR count). The molecule has 1 aromatic heterocycles. The van der Waals surface area contributed by atoms with Gasteiger partial charge in [0.05, 0.1) is 18.0 Å². The number of hydrogen-bond acceptors (Lipinski definition) is 4. The Labute approximate surface area is 163 Å². The first-order valence-electron chi connectivity index (χ1n) is 8.76. The number of nitrogens with zero attached hydrogens (tertiary/aromatic N) is 3. The van der Waals surface area contributed by atoms with Gasteiger partial charge in [-0.15, -0.1) is 0 Å². The molecule has 1 N–H and O–H groups in total. The zero-order valence-corrected chi connectivity index (χ0v) is 15.8. The van der Waals surface area contributed by atoms with E-state index in [0.29, 0.717) is 29.4 Å². The van der Waals surface area contributed by atoms with E-state index in [9.17, 15) is 4.79 Å². The third-order valence-electron chi connectivity index (χ3n) is 3.95. The van der Waals surface area contributed by atoms with Crippen LogP contribution in [0, 0.1) is 6.92 Å². The van der Waals surface area contributed by atoms with Gasteiger partial charge in [-0.25, -0.2) is 9.67 Å². The van der Waals surface area contributed by atoms with Gasteiger partial charge in [0, 0.05) is 11.4 Å². The predicted molar refractivity (Wildman–Crippen MR) is 106 cm³/mol. The molecule has 2 aromatic carbocycles. The summed E-state index contributed by atoms with van der Waals surface area (Å²) >= 11 is 6.06. The minimum atomic E-state index is -0.0748. The lowest BCUT2D eigenvalue weighted by molar-refractivity contribution is -0.116. The average Bonchev–Trinajstić information content (AvgIpc) is 3.16. The van der Waals surface area contributed by atoms with Crippen LogP contribution in [0.1, 0.15) is 24.8 Å². The van der Waals surface area contributed by atoms with E-state index < -0.39 is 0 Å². The normalized spacial score (nSPS) is 10.6. The first-order chi connectivity index (χ1) is 13.1. The van der Waals surface area contributed by atoms with Crippen LogP contribution in [0.2, 0.25) is 5.02 Å². The van der Waals surface area contributed by atoms with Gasteiger partial charge in [0.25, 0.3) is 0 Å². The maximum absolute atomic E-state index is 12.3. The summed E-state index contributed by atoms with van der Waals surface area (Å²) in [7, 11) is 0. The summed E-state index contributed by atoms with van der Waals surface area (Å²) in [6.45, 7) is 2.61. The van der Waals surface area contributed by atoms with E-state index >= 15 is 0 Å². The molecule has 0 atom stereocenters. The maximum Gasteiger partial charge on any atom is 0.224 e.